The molecule has 1 unspecified atom stereocenters. The quantitative estimate of drug-likeness (QED) is 0.774. The zero-order valence-electron chi connectivity index (χ0n) is 10.5. The molecule has 0 aliphatic heterocycles. The fourth-order valence-electron chi connectivity index (χ4n) is 1.79. The van der Waals surface area contributed by atoms with Crippen LogP contribution in [0.3, 0.4) is 0 Å². The van der Waals surface area contributed by atoms with E-state index in [1.54, 1.807) is 0 Å². The normalized spacial score (nSPS) is 14.8. The van der Waals surface area contributed by atoms with Crippen molar-refractivity contribution in [1.29, 1.82) is 0 Å². The van der Waals surface area contributed by atoms with E-state index in [0.717, 1.165) is 12.8 Å². The molecule has 0 amide bonds. The maximum atomic E-state index is 9.14. The highest BCUT2D eigenvalue weighted by atomic mass is 16.3. The van der Waals surface area contributed by atoms with Crippen molar-refractivity contribution in [2.75, 3.05) is 6.61 Å². The lowest BCUT2D eigenvalue weighted by molar-refractivity contribution is 0.230. The Morgan fingerprint density at radius 2 is 1.81 bits per heavy atom. The van der Waals surface area contributed by atoms with E-state index in [1.807, 2.05) is 0 Å². The van der Waals surface area contributed by atoms with Gasteiger partial charge in [-0.15, -0.1) is 0 Å². The van der Waals surface area contributed by atoms with Crippen molar-refractivity contribution in [3.05, 3.63) is 35.4 Å². The van der Waals surface area contributed by atoms with Gasteiger partial charge in [0.05, 0.1) is 6.61 Å². The number of rotatable bonds is 6. The summed E-state index contributed by atoms with van der Waals surface area (Å²) in [5, 5.41) is 12.6. The molecular formula is C14H23NO. The summed E-state index contributed by atoms with van der Waals surface area (Å²) < 4.78 is 0. The number of hydrogen-bond acceptors (Lipinski definition) is 2. The average Bonchev–Trinajstić information content (AvgIpc) is 2.35. The van der Waals surface area contributed by atoms with Crippen LogP contribution in [0.4, 0.5) is 0 Å². The SMILES string of the molecule is CCc1ccc(C(C)N[C@H](CC)CO)cc1. The number of aliphatic hydroxyl groups is 1. The van der Waals surface area contributed by atoms with Crippen LogP contribution >= 0.6 is 0 Å². The van der Waals surface area contributed by atoms with Crippen LogP contribution in [0.2, 0.25) is 0 Å². The minimum absolute atomic E-state index is 0.195. The first kappa shape index (κ1) is 13.2. The Hall–Kier alpha value is -0.860. The molecule has 0 saturated heterocycles. The van der Waals surface area contributed by atoms with Crippen molar-refractivity contribution in [1.82, 2.24) is 5.32 Å². The molecule has 0 heterocycles. The van der Waals surface area contributed by atoms with Gasteiger partial charge in [-0.3, -0.25) is 0 Å². The van der Waals surface area contributed by atoms with Crippen LogP contribution in [0, 0.1) is 0 Å². The Balaban J connectivity index is 2.61. The summed E-state index contributed by atoms with van der Waals surface area (Å²) in [5.41, 5.74) is 2.65. The summed E-state index contributed by atoms with van der Waals surface area (Å²) in [6, 6.07) is 9.17. The molecule has 16 heavy (non-hydrogen) atoms. The van der Waals surface area contributed by atoms with Crippen LogP contribution in [0.25, 0.3) is 0 Å². The molecule has 2 atom stereocenters. The topological polar surface area (TPSA) is 32.3 Å². The van der Waals surface area contributed by atoms with Gasteiger partial charge in [-0.05, 0) is 30.9 Å². The van der Waals surface area contributed by atoms with E-state index >= 15 is 0 Å². The van der Waals surface area contributed by atoms with E-state index in [4.69, 9.17) is 5.11 Å². The van der Waals surface area contributed by atoms with Gasteiger partial charge >= 0.3 is 0 Å². The van der Waals surface area contributed by atoms with Crippen molar-refractivity contribution < 1.29 is 5.11 Å². The van der Waals surface area contributed by atoms with Gasteiger partial charge in [0.15, 0.2) is 0 Å². The predicted molar refractivity (Wildman–Crippen MR) is 68.5 cm³/mol. The Kier molecular flexibility index (Phi) is 5.50. The van der Waals surface area contributed by atoms with Gasteiger partial charge in [-0.2, -0.15) is 0 Å². The Morgan fingerprint density at radius 1 is 1.19 bits per heavy atom. The van der Waals surface area contributed by atoms with E-state index in [0.29, 0.717) is 6.04 Å². The standard InChI is InChI=1S/C14H23NO/c1-4-12-6-8-13(9-7-12)11(3)15-14(5-2)10-16/h6-9,11,14-16H,4-5,10H2,1-3H3/t11?,14-/m1/s1. The molecule has 0 aliphatic rings. The molecule has 0 fully saturated rings. The van der Waals surface area contributed by atoms with Gasteiger partial charge in [-0.1, -0.05) is 38.1 Å². The van der Waals surface area contributed by atoms with Gasteiger partial charge in [0, 0.05) is 12.1 Å². The summed E-state index contributed by atoms with van der Waals surface area (Å²) in [7, 11) is 0. The lowest BCUT2D eigenvalue weighted by Crippen LogP contribution is -2.33. The number of hydrogen-bond donors (Lipinski definition) is 2. The number of aliphatic hydroxyl groups excluding tert-OH is 1. The van der Waals surface area contributed by atoms with Gasteiger partial charge in [-0.25, -0.2) is 0 Å². The third-order valence-corrected chi connectivity index (χ3v) is 3.09. The molecule has 0 aromatic heterocycles. The van der Waals surface area contributed by atoms with E-state index in [2.05, 4.69) is 50.4 Å². The maximum absolute atomic E-state index is 9.14. The van der Waals surface area contributed by atoms with Gasteiger partial charge in [0.1, 0.15) is 0 Å². The summed E-state index contributed by atoms with van der Waals surface area (Å²) in [4.78, 5) is 0. The molecule has 2 heteroatoms. The zero-order valence-corrected chi connectivity index (χ0v) is 10.5. The van der Waals surface area contributed by atoms with Crippen molar-refractivity contribution in [2.24, 2.45) is 0 Å². The highest BCUT2D eigenvalue weighted by molar-refractivity contribution is 5.24. The second-order valence-electron chi connectivity index (χ2n) is 4.27. The molecule has 0 spiro atoms. The lowest BCUT2D eigenvalue weighted by Gasteiger charge is -2.21. The van der Waals surface area contributed by atoms with E-state index < -0.39 is 0 Å². The fraction of sp³-hybridized carbons (Fsp3) is 0.571. The predicted octanol–water partition coefficient (Wildman–Crippen LogP) is 2.67. The van der Waals surface area contributed by atoms with Gasteiger partial charge in [0.25, 0.3) is 0 Å². The molecule has 0 saturated carbocycles. The first-order valence-electron chi connectivity index (χ1n) is 6.17. The molecule has 2 nitrogen and oxygen atoms in total. The smallest absolute Gasteiger partial charge is 0.0584 e. The molecule has 90 valence electrons. The zero-order chi connectivity index (χ0) is 12.0. The van der Waals surface area contributed by atoms with Gasteiger partial charge in [0.2, 0.25) is 0 Å². The van der Waals surface area contributed by atoms with Crippen molar-refractivity contribution in [3.8, 4) is 0 Å². The maximum Gasteiger partial charge on any atom is 0.0584 e. The molecule has 0 radical (unpaired) electrons. The largest absolute Gasteiger partial charge is 0.395 e. The number of aryl methyl sites for hydroxylation is 1. The summed E-state index contributed by atoms with van der Waals surface area (Å²) in [6.07, 6.45) is 2.03. The Morgan fingerprint density at radius 3 is 2.25 bits per heavy atom. The van der Waals surface area contributed by atoms with Gasteiger partial charge < -0.3 is 10.4 Å². The molecule has 1 aromatic carbocycles. The number of nitrogens with one attached hydrogen (secondary N) is 1. The van der Waals surface area contributed by atoms with E-state index in [1.165, 1.54) is 11.1 Å². The second kappa shape index (κ2) is 6.66. The van der Waals surface area contributed by atoms with Crippen molar-refractivity contribution in [2.45, 2.75) is 45.7 Å². The molecule has 0 bridgehead atoms. The molecule has 1 rings (SSSR count). The van der Waals surface area contributed by atoms with Crippen LogP contribution < -0.4 is 5.32 Å². The van der Waals surface area contributed by atoms with E-state index in [9.17, 15) is 0 Å². The van der Waals surface area contributed by atoms with Crippen LogP contribution in [-0.4, -0.2) is 17.8 Å². The monoisotopic (exact) mass is 221 g/mol. The Bertz CT molecular complexity index is 290. The minimum atomic E-state index is 0.195. The second-order valence-corrected chi connectivity index (χ2v) is 4.27. The van der Waals surface area contributed by atoms with Crippen molar-refractivity contribution in [3.63, 3.8) is 0 Å². The third-order valence-electron chi connectivity index (χ3n) is 3.09. The first-order valence-corrected chi connectivity index (χ1v) is 6.17. The van der Waals surface area contributed by atoms with Crippen LogP contribution in [0.15, 0.2) is 24.3 Å². The van der Waals surface area contributed by atoms with E-state index in [-0.39, 0.29) is 12.6 Å². The molecule has 1 aromatic rings. The highest BCUT2D eigenvalue weighted by Crippen LogP contribution is 2.14. The molecular weight excluding hydrogens is 198 g/mol. The van der Waals surface area contributed by atoms with Crippen LogP contribution in [0.1, 0.15) is 44.4 Å². The minimum Gasteiger partial charge on any atom is -0.395 e. The van der Waals surface area contributed by atoms with Crippen LogP contribution in [-0.2, 0) is 6.42 Å². The summed E-state index contributed by atoms with van der Waals surface area (Å²) in [6.45, 7) is 6.59. The summed E-state index contributed by atoms with van der Waals surface area (Å²) >= 11 is 0. The highest BCUT2D eigenvalue weighted by Gasteiger charge is 2.10. The summed E-state index contributed by atoms with van der Waals surface area (Å²) in [5.74, 6) is 0. The molecule has 0 aliphatic carbocycles. The van der Waals surface area contributed by atoms with Crippen molar-refractivity contribution >= 4 is 0 Å². The van der Waals surface area contributed by atoms with Crippen LogP contribution in [0.5, 0.6) is 0 Å². The lowest BCUT2D eigenvalue weighted by atomic mass is 10.0. The average molecular weight is 221 g/mol. The third kappa shape index (κ3) is 3.62. The number of benzene rings is 1. The Labute approximate surface area is 98.7 Å². The first-order chi connectivity index (χ1) is 7.71. The molecule has 2 N–H and O–H groups in total. The fourth-order valence-corrected chi connectivity index (χ4v) is 1.79.